The highest BCUT2D eigenvalue weighted by Crippen LogP contribution is 2.38. The molecule has 0 aromatic rings. The molecular weight excluding hydrogens is 246 g/mol. The summed E-state index contributed by atoms with van der Waals surface area (Å²) in [5.74, 6) is -1.41. The molecule has 19 heavy (non-hydrogen) atoms. The Balaban J connectivity index is 2.08. The minimum atomic E-state index is -0.838. The van der Waals surface area contributed by atoms with Crippen LogP contribution in [-0.2, 0) is 14.3 Å². The summed E-state index contributed by atoms with van der Waals surface area (Å²) in [6, 6.07) is 0. The number of carbonyl (C=O) groups excluding carboxylic acids is 1. The number of nitrogens with zero attached hydrogens (tertiary/aromatic N) is 1. The van der Waals surface area contributed by atoms with Crippen molar-refractivity contribution < 1.29 is 19.4 Å². The first-order chi connectivity index (χ1) is 8.80. The number of aliphatic carboxylic acids is 1. The number of morpholine rings is 1. The van der Waals surface area contributed by atoms with Gasteiger partial charge in [0.25, 0.3) is 0 Å². The quantitative estimate of drug-likeness (QED) is 0.822. The number of hydrogen-bond donors (Lipinski definition) is 1. The molecule has 1 heterocycles. The molecule has 0 spiro atoms. The number of carboxylic acid groups (broad SMARTS) is 1. The van der Waals surface area contributed by atoms with E-state index in [0.29, 0.717) is 38.5 Å². The Morgan fingerprint density at radius 1 is 1.26 bits per heavy atom. The minimum absolute atomic E-state index is 0.00637. The van der Waals surface area contributed by atoms with Gasteiger partial charge in [-0.3, -0.25) is 9.59 Å². The van der Waals surface area contributed by atoms with E-state index in [0.717, 1.165) is 0 Å². The summed E-state index contributed by atoms with van der Waals surface area (Å²) in [5, 5.41) is 9.26. The van der Waals surface area contributed by atoms with Gasteiger partial charge in [-0.25, -0.2) is 0 Å². The fraction of sp³-hybridized carbons (Fsp3) is 0.857. The summed E-state index contributed by atoms with van der Waals surface area (Å²) < 4.78 is 5.59. The lowest BCUT2D eigenvalue weighted by atomic mass is 9.94. The Hall–Kier alpha value is -1.10. The maximum absolute atomic E-state index is 12.6. The molecule has 1 N–H and O–H groups in total. The first-order valence-electron chi connectivity index (χ1n) is 6.96. The Morgan fingerprint density at radius 3 is 2.47 bits per heavy atom. The molecule has 5 heteroatoms. The first kappa shape index (κ1) is 14.3. The van der Waals surface area contributed by atoms with Crippen LogP contribution in [0.25, 0.3) is 0 Å². The Labute approximate surface area is 113 Å². The van der Waals surface area contributed by atoms with Crippen molar-refractivity contribution in [3.05, 3.63) is 0 Å². The predicted octanol–water partition coefficient (Wildman–Crippen LogP) is 1.37. The van der Waals surface area contributed by atoms with Gasteiger partial charge in [0.05, 0.1) is 24.0 Å². The van der Waals surface area contributed by atoms with Crippen LogP contribution in [-0.4, -0.2) is 47.2 Å². The van der Waals surface area contributed by atoms with Crippen molar-refractivity contribution >= 4 is 11.9 Å². The zero-order valence-corrected chi connectivity index (χ0v) is 11.9. The van der Waals surface area contributed by atoms with Crippen molar-refractivity contribution in [3.63, 3.8) is 0 Å². The lowest BCUT2D eigenvalue weighted by Crippen LogP contribution is -2.52. The summed E-state index contributed by atoms with van der Waals surface area (Å²) in [6.07, 6.45) is 1.30. The third kappa shape index (κ3) is 3.08. The molecule has 1 saturated carbocycles. The highest BCUT2D eigenvalue weighted by atomic mass is 16.5. The molecule has 2 rings (SSSR count). The van der Waals surface area contributed by atoms with Gasteiger partial charge in [-0.15, -0.1) is 0 Å². The Kier molecular flexibility index (Phi) is 3.85. The molecule has 0 bridgehead atoms. The van der Waals surface area contributed by atoms with Crippen LogP contribution in [0, 0.1) is 17.8 Å². The Bertz CT molecular complexity index is 380. The minimum Gasteiger partial charge on any atom is -0.481 e. The Morgan fingerprint density at radius 2 is 1.89 bits per heavy atom. The first-order valence-corrected chi connectivity index (χ1v) is 6.96. The van der Waals surface area contributed by atoms with Crippen molar-refractivity contribution in [2.24, 2.45) is 17.8 Å². The molecule has 1 amide bonds. The van der Waals surface area contributed by atoms with Gasteiger partial charge < -0.3 is 14.7 Å². The highest BCUT2D eigenvalue weighted by molar-refractivity contribution is 5.85. The second-order valence-electron chi connectivity index (χ2n) is 6.50. The van der Waals surface area contributed by atoms with Crippen LogP contribution < -0.4 is 0 Å². The molecule has 108 valence electrons. The van der Waals surface area contributed by atoms with Crippen molar-refractivity contribution in [2.45, 2.75) is 39.2 Å². The van der Waals surface area contributed by atoms with Gasteiger partial charge in [-0.1, -0.05) is 6.92 Å². The van der Waals surface area contributed by atoms with Crippen LogP contribution in [0.3, 0.4) is 0 Å². The molecule has 5 nitrogen and oxygen atoms in total. The fourth-order valence-corrected chi connectivity index (χ4v) is 3.28. The number of rotatable bonds is 2. The third-order valence-electron chi connectivity index (χ3n) is 4.17. The van der Waals surface area contributed by atoms with Gasteiger partial charge in [0, 0.05) is 13.1 Å². The molecule has 1 saturated heterocycles. The van der Waals surface area contributed by atoms with Crippen LogP contribution in [0.2, 0.25) is 0 Å². The van der Waals surface area contributed by atoms with E-state index >= 15 is 0 Å². The molecule has 1 aliphatic carbocycles. The van der Waals surface area contributed by atoms with Crippen LogP contribution in [0.4, 0.5) is 0 Å². The van der Waals surface area contributed by atoms with E-state index in [1.54, 1.807) is 4.90 Å². The molecule has 0 radical (unpaired) electrons. The van der Waals surface area contributed by atoms with E-state index in [1.807, 2.05) is 20.8 Å². The standard InChI is InChI=1S/C14H23NO4/c1-9-6-10(11(7-9)13(17)18)12(16)15-4-5-19-14(2,3)8-15/h9-11H,4-8H2,1-3H3,(H,17,18)/t9?,10-,11+/m0/s1. The van der Waals surface area contributed by atoms with E-state index in [2.05, 4.69) is 0 Å². The molecule has 2 aliphatic rings. The van der Waals surface area contributed by atoms with E-state index in [1.165, 1.54) is 0 Å². The number of hydrogen-bond acceptors (Lipinski definition) is 3. The molecule has 2 fully saturated rings. The largest absolute Gasteiger partial charge is 0.481 e. The lowest BCUT2D eigenvalue weighted by Gasteiger charge is -2.39. The number of carboxylic acids is 1. The zero-order chi connectivity index (χ0) is 14.2. The summed E-state index contributed by atoms with van der Waals surface area (Å²) >= 11 is 0. The average molecular weight is 269 g/mol. The van der Waals surface area contributed by atoms with Crippen molar-refractivity contribution in [2.75, 3.05) is 19.7 Å². The van der Waals surface area contributed by atoms with Gasteiger partial charge >= 0.3 is 5.97 Å². The second-order valence-corrected chi connectivity index (χ2v) is 6.50. The molecule has 1 unspecified atom stereocenters. The van der Waals surface area contributed by atoms with Crippen LogP contribution >= 0.6 is 0 Å². The number of carbonyl (C=O) groups is 2. The summed E-state index contributed by atoms with van der Waals surface area (Å²) in [4.78, 5) is 25.6. The smallest absolute Gasteiger partial charge is 0.307 e. The average Bonchev–Trinajstić information content (AvgIpc) is 2.69. The van der Waals surface area contributed by atoms with Gasteiger partial charge in [-0.2, -0.15) is 0 Å². The van der Waals surface area contributed by atoms with Crippen LogP contribution in [0.15, 0.2) is 0 Å². The van der Waals surface area contributed by atoms with E-state index in [-0.39, 0.29) is 17.4 Å². The fourth-order valence-electron chi connectivity index (χ4n) is 3.28. The summed E-state index contributed by atoms with van der Waals surface area (Å²) in [6.45, 7) is 7.57. The van der Waals surface area contributed by atoms with E-state index in [9.17, 15) is 14.7 Å². The van der Waals surface area contributed by atoms with Gasteiger partial charge in [0.15, 0.2) is 0 Å². The van der Waals surface area contributed by atoms with Gasteiger partial charge in [-0.05, 0) is 32.6 Å². The normalized spacial score (nSPS) is 34.3. The summed E-state index contributed by atoms with van der Waals surface area (Å²) in [7, 11) is 0. The van der Waals surface area contributed by atoms with Crippen molar-refractivity contribution in [3.8, 4) is 0 Å². The van der Waals surface area contributed by atoms with E-state index < -0.39 is 11.9 Å². The third-order valence-corrected chi connectivity index (χ3v) is 4.17. The number of ether oxygens (including phenoxy) is 1. The van der Waals surface area contributed by atoms with Crippen molar-refractivity contribution in [1.29, 1.82) is 0 Å². The zero-order valence-electron chi connectivity index (χ0n) is 11.9. The highest BCUT2D eigenvalue weighted by Gasteiger charge is 2.44. The van der Waals surface area contributed by atoms with Crippen LogP contribution in [0.1, 0.15) is 33.6 Å². The van der Waals surface area contributed by atoms with Crippen LogP contribution in [0.5, 0.6) is 0 Å². The molecular formula is C14H23NO4. The lowest BCUT2D eigenvalue weighted by molar-refractivity contribution is -0.156. The van der Waals surface area contributed by atoms with E-state index in [4.69, 9.17) is 4.74 Å². The SMILES string of the molecule is CC1C[C@H](C(=O)N2CCOC(C)(C)C2)[C@H](C(=O)O)C1. The topological polar surface area (TPSA) is 66.8 Å². The van der Waals surface area contributed by atoms with Gasteiger partial charge in [0.1, 0.15) is 0 Å². The predicted molar refractivity (Wildman–Crippen MR) is 69.6 cm³/mol. The monoisotopic (exact) mass is 269 g/mol. The molecule has 3 atom stereocenters. The van der Waals surface area contributed by atoms with Crippen molar-refractivity contribution in [1.82, 2.24) is 4.90 Å². The number of amides is 1. The second kappa shape index (κ2) is 5.12. The molecule has 0 aromatic carbocycles. The van der Waals surface area contributed by atoms with Gasteiger partial charge in [0.2, 0.25) is 5.91 Å². The summed E-state index contributed by atoms with van der Waals surface area (Å²) in [5.41, 5.74) is -0.336. The molecule has 0 aromatic heterocycles. The maximum atomic E-state index is 12.6. The maximum Gasteiger partial charge on any atom is 0.307 e. The molecule has 1 aliphatic heterocycles.